The minimum absolute atomic E-state index is 0.192. The van der Waals surface area contributed by atoms with Crippen LogP contribution < -0.4 is 5.73 Å². The Morgan fingerprint density at radius 2 is 2.24 bits per heavy atom. The number of aliphatic hydroxyl groups excluding tert-OH is 1. The number of hydrogen-bond acceptors (Lipinski definition) is 3. The largest absolute Gasteiger partial charge is 0.398 e. The van der Waals surface area contributed by atoms with Crippen LogP contribution in [0.25, 0.3) is 0 Å². The number of nitrogens with two attached hydrogens (primary N) is 1. The number of halogens is 1. The van der Waals surface area contributed by atoms with E-state index in [-0.39, 0.29) is 10.9 Å². The van der Waals surface area contributed by atoms with E-state index < -0.39 is 6.10 Å². The third kappa shape index (κ3) is 3.61. The standard InChI is InChI=1S/C12H17ClN2O2/c1-8(16)6-7-15(2)12(17)9-4-3-5-10(14)11(9)13/h3-5,8,16H,6-7,14H2,1-2H3. The lowest BCUT2D eigenvalue weighted by molar-refractivity contribution is 0.0769. The van der Waals surface area contributed by atoms with Gasteiger partial charge in [-0.2, -0.15) is 0 Å². The fourth-order valence-corrected chi connectivity index (χ4v) is 1.61. The summed E-state index contributed by atoms with van der Waals surface area (Å²) in [5.74, 6) is -0.192. The highest BCUT2D eigenvalue weighted by Gasteiger charge is 2.16. The summed E-state index contributed by atoms with van der Waals surface area (Å²) in [7, 11) is 1.67. The minimum atomic E-state index is -0.429. The highest BCUT2D eigenvalue weighted by atomic mass is 35.5. The first kappa shape index (κ1) is 13.8. The summed E-state index contributed by atoms with van der Waals surface area (Å²) in [4.78, 5) is 13.6. The smallest absolute Gasteiger partial charge is 0.255 e. The normalized spacial score (nSPS) is 12.2. The second-order valence-corrected chi connectivity index (χ2v) is 4.45. The maximum absolute atomic E-state index is 12.0. The third-order valence-corrected chi connectivity index (χ3v) is 2.91. The van der Waals surface area contributed by atoms with E-state index in [2.05, 4.69) is 0 Å². The van der Waals surface area contributed by atoms with Crippen molar-refractivity contribution in [2.45, 2.75) is 19.4 Å². The van der Waals surface area contributed by atoms with Crippen LogP contribution in [0, 0.1) is 0 Å². The van der Waals surface area contributed by atoms with E-state index >= 15 is 0 Å². The molecule has 0 spiro atoms. The van der Waals surface area contributed by atoms with E-state index in [4.69, 9.17) is 22.4 Å². The van der Waals surface area contributed by atoms with Gasteiger partial charge in [0.15, 0.2) is 0 Å². The number of nitrogen functional groups attached to an aromatic ring is 1. The Morgan fingerprint density at radius 1 is 1.59 bits per heavy atom. The molecule has 0 aliphatic rings. The number of aliphatic hydroxyl groups is 1. The zero-order valence-corrected chi connectivity index (χ0v) is 10.7. The molecule has 0 radical (unpaired) electrons. The van der Waals surface area contributed by atoms with Crippen LogP contribution in [-0.4, -0.2) is 35.6 Å². The van der Waals surface area contributed by atoms with Gasteiger partial charge in [0.1, 0.15) is 0 Å². The molecule has 0 aliphatic carbocycles. The predicted molar refractivity (Wildman–Crippen MR) is 69.1 cm³/mol. The number of nitrogens with zero attached hydrogens (tertiary/aromatic N) is 1. The van der Waals surface area contributed by atoms with Gasteiger partial charge in [0, 0.05) is 13.6 Å². The number of rotatable bonds is 4. The third-order valence-electron chi connectivity index (χ3n) is 2.49. The Labute approximate surface area is 106 Å². The summed E-state index contributed by atoms with van der Waals surface area (Å²) in [5.41, 5.74) is 6.42. The lowest BCUT2D eigenvalue weighted by Crippen LogP contribution is -2.29. The van der Waals surface area contributed by atoms with Crippen LogP contribution in [0.4, 0.5) is 5.69 Å². The molecule has 94 valence electrons. The summed E-state index contributed by atoms with van der Waals surface area (Å²) in [6.07, 6.45) is 0.101. The summed E-state index contributed by atoms with van der Waals surface area (Å²) in [6, 6.07) is 4.98. The Hall–Kier alpha value is -1.26. The average molecular weight is 257 g/mol. The van der Waals surface area contributed by atoms with Gasteiger partial charge in [-0.15, -0.1) is 0 Å². The zero-order valence-electron chi connectivity index (χ0n) is 9.98. The molecule has 0 bridgehead atoms. The summed E-state index contributed by atoms with van der Waals surface area (Å²) in [5, 5.41) is 9.45. The van der Waals surface area contributed by atoms with E-state index in [0.717, 1.165) is 0 Å². The molecule has 0 heterocycles. The Morgan fingerprint density at radius 3 is 2.82 bits per heavy atom. The molecule has 4 nitrogen and oxygen atoms in total. The van der Waals surface area contributed by atoms with Crippen LogP contribution >= 0.6 is 11.6 Å². The molecule has 1 atom stereocenters. The summed E-state index contributed by atoms with van der Waals surface area (Å²) < 4.78 is 0. The van der Waals surface area contributed by atoms with Crippen molar-refractivity contribution in [2.75, 3.05) is 19.3 Å². The number of carbonyl (C=O) groups excluding carboxylic acids is 1. The highest BCUT2D eigenvalue weighted by molar-refractivity contribution is 6.36. The first-order valence-corrected chi connectivity index (χ1v) is 5.78. The molecule has 17 heavy (non-hydrogen) atoms. The van der Waals surface area contributed by atoms with Gasteiger partial charge >= 0.3 is 0 Å². The van der Waals surface area contributed by atoms with Crippen LogP contribution in [0.5, 0.6) is 0 Å². The summed E-state index contributed by atoms with van der Waals surface area (Å²) >= 11 is 5.97. The maximum atomic E-state index is 12.0. The van der Waals surface area contributed by atoms with Gasteiger partial charge in [-0.25, -0.2) is 0 Å². The van der Waals surface area contributed by atoms with Gasteiger partial charge in [0.25, 0.3) is 5.91 Å². The lowest BCUT2D eigenvalue weighted by atomic mass is 10.1. The molecular weight excluding hydrogens is 240 g/mol. The zero-order chi connectivity index (χ0) is 13.0. The number of carbonyl (C=O) groups is 1. The van der Waals surface area contributed by atoms with Gasteiger partial charge in [-0.1, -0.05) is 17.7 Å². The van der Waals surface area contributed by atoms with Gasteiger partial charge in [-0.3, -0.25) is 4.79 Å². The number of hydrogen-bond donors (Lipinski definition) is 2. The van der Waals surface area contributed by atoms with Crippen molar-refractivity contribution in [3.8, 4) is 0 Å². The predicted octanol–water partition coefficient (Wildman–Crippen LogP) is 1.77. The molecule has 0 fully saturated rings. The molecule has 1 unspecified atom stereocenters. The minimum Gasteiger partial charge on any atom is -0.398 e. The van der Waals surface area contributed by atoms with Crippen molar-refractivity contribution >= 4 is 23.2 Å². The number of amides is 1. The van der Waals surface area contributed by atoms with E-state index in [1.54, 1.807) is 32.2 Å². The molecule has 1 aromatic carbocycles. The number of benzene rings is 1. The molecule has 0 saturated heterocycles. The van der Waals surface area contributed by atoms with Crippen molar-refractivity contribution in [1.29, 1.82) is 0 Å². The molecule has 0 aromatic heterocycles. The fraction of sp³-hybridized carbons (Fsp3) is 0.417. The SMILES string of the molecule is CC(O)CCN(C)C(=O)c1cccc(N)c1Cl. The molecule has 1 aromatic rings. The molecule has 0 aliphatic heterocycles. The molecule has 5 heteroatoms. The fourth-order valence-electron chi connectivity index (χ4n) is 1.40. The van der Waals surface area contributed by atoms with E-state index in [1.807, 2.05) is 0 Å². The van der Waals surface area contributed by atoms with Crippen molar-refractivity contribution < 1.29 is 9.90 Å². The topological polar surface area (TPSA) is 66.6 Å². The van der Waals surface area contributed by atoms with Gasteiger partial charge in [0.2, 0.25) is 0 Å². The van der Waals surface area contributed by atoms with Gasteiger partial charge in [-0.05, 0) is 25.5 Å². The number of anilines is 1. The van der Waals surface area contributed by atoms with Crippen LogP contribution in [0.15, 0.2) is 18.2 Å². The van der Waals surface area contributed by atoms with E-state index in [1.165, 1.54) is 4.90 Å². The maximum Gasteiger partial charge on any atom is 0.255 e. The van der Waals surface area contributed by atoms with Crippen LogP contribution in [-0.2, 0) is 0 Å². The van der Waals surface area contributed by atoms with Crippen LogP contribution in [0.2, 0.25) is 5.02 Å². The monoisotopic (exact) mass is 256 g/mol. The van der Waals surface area contributed by atoms with Gasteiger partial charge < -0.3 is 15.7 Å². The molecular formula is C12H17ClN2O2. The molecule has 1 amide bonds. The van der Waals surface area contributed by atoms with Crippen molar-refractivity contribution in [2.24, 2.45) is 0 Å². The summed E-state index contributed by atoms with van der Waals surface area (Å²) in [6.45, 7) is 2.16. The molecule has 3 N–H and O–H groups in total. The quantitative estimate of drug-likeness (QED) is 0.807. The van der Waals surface area contributed by atoms with Crippen molar-refractivity contribution in [3.05, 3.63) is 28.8 Å². The Kier molecular flexibility index (Phi) is 4.78. The highest BCUT2D eigenvalue weighted by Crippen LogP contribution is 2.24. The van der Waals surface area contributed by atoms with Crippen molar-refractivity contribution in [3.63, 3.8) is 0 Å². The lowest BCUT2D eigenvalue weighted by Gasteiger charge is -2.19. The van der Waals surface area contributed by atoms with Crippen LogP contribution in [0.1, 0.15) is 23.7 Å². The average Bonchev–Trinajstić information content (AvgIpc) is 2.28. The second-order valence-electron chi connectivity index (χ2n) is 4.07. The molecule has 1 rings (SSSR count). The van der Waals surface area contributed by atoms with Gasteiger partial charge in [0.05, 0.1) is 22.4 Å². The Bertz CT molecular complexity index is 407. The Balaban J connectivity index is 2.78. The molecule has 0 saturated carbocycles. The van der Waals surface area contributed by atoms with Crippen LogP contribution in [0.3, 0.4) is 0 Å². The van der Waals surface area contributed by atoms with Crippen molar-refractivity contribution in [1.82, 2.24) is 4.90 Å². The second kappa shape index (κ2) is 5.89. The van der Waals surface area contributed by atoms with E-state index in [9.17, 15) is 4.79 Å². The first-order valence-electron chi connectivity index (χ1n) is 5.41. The first-order chi connectivity index (χ1) is 7.93. The van der Waals surface area contributed by atoms with E-state index in [0.29, 0.717) is 24.2 Å².